The molecule has 1 aliphatic rings. The maximum atomic E-state index is 12.5. The van der Waals surface area contributed by atoms with Crippen LogP contribution in [0.1, 0.15) is 79.9 Å². The molecule has 0 spiro atoms. The van der Waals surface area contributed by atoms with Crippen LogP contribution < -0.4 is 5.32 Å². The number of aliphatic carboxylic acids is 1. The van der Waals surface area contributed by atoms with Gasteiger partial charge in [-0.3, -0.25) is 9.59 Å². The predicted octanol–water partition coefficient (Wildman–Crippen LogP) is 3.49. The molecule has 2 heterocycles. The van der Waals surface area contributed by atoms with Gasteiger partial charge in [0.2, 0.25) is 0 Å². The van der Waals surface area contributed by atoms with Gasteiger partial charge in [0.05, 0.1) is 11.9 Å². The summed E-state index contributed by atoms with van der Waals surface area (Å²) in [6.07, 6.45) is 10.8. The van der Waals surface area contributed by atoms with Crippen molar-refractivity contribution in [1.82, 2.24) is 19.9 Å². The highest BCUT2D eigenvalue weighted by Gasteiger charge is 2.26. The van der Waals surface area contributed by atoms with Gasteiger partial charge < -0.3 is 10.4 Å². The van der Waals surface area contributed by atoms with Crippen molar-refractivity contribution in [3.63, 3.8) is 0 Å². The number of carbonyl (C=O) groups is 2. The third kappa shape index (κ3) is 4.08. The Morgan fingerprint density at radius 1 is 1.32 bits per heavy atom. The second-order valence-corrected chi connectivity index (χ2v) is 7.61. The normalized spacial score (nSPS) is 16.1. The fraction of sp³-hybridized carbons (Fsp3) is 0.524. The number of aromatic nitrogens is 3. The fourth-order valence-corrected chi connectivity index (χ4v) is 3.82. The third-order valence-corrected chi connectivity index (χ3v) is 5.54. The molecular weight excluding hydrogens is 356 g/mol. The summed E-state index contributed by atoms with van der Waals surface area (Å²) >= 11 is 0. The summed E-state index contributed by atoms with van der Waals surface area (Å²) in [7, 11) is 0. The molecule has 0 radical (unpaired) electrons. The highest BCUT2D eigenvalue weighted by Crippen LogP contribution is 2.35. The molecule has 0 saturated heterocycles. The van der Waals surface area contributed by atoms with Crippen molar-refractivity contribution in [3.8, 4) is 0 Å². The van der Waals surface area contributed by atoms with Crippen LogP contribution in [0.3, 0.4) is 0 Å². The molecule has 1 aliphatic carbocycles. The summed E-state index contributed by atoms with van der Waals surface area (Å²) in [5, 5.41) is 16.0. The van der Waals surface area contributed by atoms with E-state index in [4.69, 9.17) is 5.11 Å². The second kappa shape index (κ2) is 8.54. The quantitative estimate of drug-likeness (QED) is 0.712. The number of hydrogen-bond donors (Lipinski definition) is 2. The molecule has 3 rings (SSSR count). The fourth-order valence-electron chi connectivity index (χ4n) is 3.82. The summed E-state index contributed by atoms with van der Waals surface area (Å²) in [6.45, 7) is 7.66. The lowest BCUT2D eigenvalue weighted by molar-refractivity contribution is -0.138. The van der Waals surface area contributed by atoms with E-state index in [0.29, 0.717) is 17.1 Å². The van der Waals surface area contributed by atoms with Gasteiger partial charge in [-0.1, -0.05) is 38.3 Å². The largest absolute Gasteiger partial charge is 0.480 e. The van der Waals surface area contributed by atoms with Gasteiger partial charge in [-0.05, 0) is 38.2 Å². The molecule has 0 aliphatic heterocycles. The molecule has 2 aromatic rings. The summed E-state index contributed by atoms with van der Waals surface area (Å²) in [5.41, 5.74) is 4.14. The molecule has 150 valence electrons. The van der Waals surface area contributed by atoms with Crippen molar-refractivity contribution in [1.29, 1.82) is 0 Å². The molecule has 1 saturated carbocycles. The Labute approximate surface area is 164 Å². The van der Waals surface area contributed by atoms with Gasteiger partial charge in [-0.15, -0.1) is 0 Å². The summed E-state index contributed by atoms with van der Waals surface area (Å²) in [4.78, 5) is 28.1. The van der Waals surface area contributed by atoms with E-state index < -0.39 is 17.9 Å². The molecule has 1 fully saturated rings. The van der Waals surface area contributed by atoms with Gasteiger partial charge in [0, 0.05) is 12.1 Å². The molecule has 2 N–H and O–H groups in total. The average molecular weight is 384 g/mol. The minimum atomic E-state index is -1.08. The van der Waals surface area contributed by atoms with Crippen LogP contribution in [0.4, 0.5) is 0 Å². The number of amides is 1. The van der Waals surface area contributed by atoms with E-state index in [1.165, 1.54) is 32.4 Å². The minimum absolute atomic E-state index is 0.297. The van der Waals surface area contributed by atoms with Gasteiger partial charge in [0.25, 0.3) is 5.91 Å². The smallest absolute Gasteiger partial charge is 0.325 e. The number of allylic oxidation sites excluding steroid dienone is 1. The van der Waals surface area contributed by atoms with E-state index in [1.807, 2.05) is 6.20 Å². The number of nitrogens with zero attached hydrogens (tertiary/aromatic N) is 3. The third-order valence-electron chi connectivity index (χ3n) is 5.54. The zero-order chi connectivity index (χ0) is 20.3. The van der Waals surface area contributed by atoms with Gasteiger partial charge in [-0.25, -0.2) is 9.50 Å². The zero-order valence-corrected chi connectivity index (χ0v) is 16.6. The maximum absolute atomic E-state index is 12.5. The average Bonchev–Trinajstić information content (AvgIpc) is 3.12. The van der Waals surface area contributed by atoms with Crippen molar-refractivity contribution in [2.75, 3.05) is 0 Å². The topological polar surface area (TPSA) is 96.6 Å². The lowest BCUT2D eigenvalue weighted by atomic mass is 9.84. The Kier molecular flexibility index (Phi) is 6.11. The number of nitrogens with one attached hydrogen (secondary N) is 1. The molecule has 2 aromatic heterocycles. The monoisotopic (exact) mass is 384 g/mol. The number of hydrogen-bond acceptors (Lipinski definition) is 4. The van der Waals surface area contributed by atoms with E-state index in [1.54, 1.807) is 4.52 Å². The van der Waals surface area contributed by atoms with E-state index >= 15 is 0 Å². The van der Waals surface area contributed by atoms with Crippen LogP contribution in [0.2, 0.25) is 0 Å². The molecule has 0 unspecified atom stereocenters. The van der Waals surface area contributed by atoms with Crippen molar-refractivity contribution in [2.45, 2.75) is 70.8 Å². The number of carbonyl (C=O) groups excluding carboxylic acids is 1. The Morgan fingerprint density at radius 3 is 2.68 bits per heavy atom. The number of fused-ring (bicyclic) bond motifs is 1. The lowest BCUT2D eigenvalue weighted by Gasteiger charge is -2.25. The highest BCUT2D eigenvalue weighted by molar-refractivity contribution is 6.01. The van der Waals surface area contributed by atoms with Crippen molar-refractivity contribution in [3.05, 3.63) is 41.4 Å². The molecule has 0 aromatic carbocycles. The van der Waals surface area contributed by atoms with Crippen molar-refractivity contribution < 1.29 is 14.7 Å². The maximum Gasteiger partial charge on any atom is 0.325 e. The first-order valence-electron chi connectivity index (χ1n) is 9.98. The molecule has 7 nitrogen and oxygen atoms in total. The number of carboxylic acids is 1. The number of carboxylic acid groups (broad SMARTS) is 1. The van der Waals surface area contributed by atoms with Crippen LogP contribution >= 0.6 is 0 Å². The SMILES string of the molecule is C=C(CC)Cc1cnc2c(C(=O)N[C@@H](C)C(=O)O)cnn2c1C1CCCCC1. The van der Waals surface area contributed by atoms with Gasteiger partial charge in [-0.2, -0.15) is 5.10 Å². The van der Waals surface area contributed by atoms with E-state index in [0.717, 1.165) is 42.5 Å². The Balaban J connectivity index is 2.03. The van der Waals surface area contributed by atoms with Crippen molar-refractivity contribution in [2.24, 2.45) is 0 Å². The molecule has 1 atom stereocenters. The second-order valence-electron chi connectivity index (χ2n) is 7.61. The molecular formula is C21H28N4O3. The molecule has 7 heteroatoms. The molecule has 0 bridgehead atoms. The van der Waals surface area contributed by atoms with Gasteiger partial charge in [0.1, 0.15) is 11.6 Å². The van der Waals surface area contributed by atoms with Crippen LogP contribution in [-0.4, -0.2) is 37.6 Å². The Hall–Kier alpha value is -2.70. The molecule has 1 amide bonds. The highest BCUT2D eigenvalue weighted by atomic mass is 16.4. The first-order chi connectivity index (χ1) is 13.4. The first kappa shape index (κ1) is 20.0. The van der Waals surface area contributed by atoms with Crippen molar-refractivity contribution >= 4 is 17.5 Å². The standard InChI is InChI=1S/C21H28N4O3/c1-4-13(2)10-16-11-22-19-17(20(26)24-14(3)21(27)28)12-23-25(19)18(16)15-8-6-5-7-9-15/h11-12,14-15H,2,4-10H2,1,3H3,(H,24,26)(H,27,28)/t14-/m0/s1. The van der Waals surface area contributed by atoms with Crippen LogP contribution in [0, 0.1) is 0 Å². The Morgan fingerprint density at radius 2 is 2.04 bits per heavy atom. The lowest BCUT2D eigenvalue weighted by Crippen LogP contribution is -2.38. The van der Waals surface area contributed by atoms with E-state index in [-0.39, 0.29) is 0 Å². The summed E-state index contributed by atoms with van der Waals surface area (Å²) in [6, 6.07) is -0.979. The van der Waals surface area contributed by atoms with Crippen LogP contribution in [0.25, 0.3) is 5.65 Å². The van der Waals surface area contributed by atoms with Crippen LogP contribution in [0.15, 0.2) is 24.5 Å². The molecule has 28 heavy (non-hydrogen) atoms. The van der Waals surface area contributed by atoms with Gasteiger partial charge >= 0.3 is 5.97 Å². The zero-order valence-electron chi connectivity index (χ0n) is 16.6. The van der Waals surface area contributed by atoms with Crippen LogP contribution in [-0.2, 0) is 11.2 Å². The summed E-state index contributed by atoms with van der Waals surface area (Å²) < 4.78 is 1.79. The first-order valence-corrected chi connectivity index (χ1v) is 9.98. The Bertz CT molecular complexity index is 896. The summed E-state index contributed by atoms with van der Waals surface area (Å²) in [5.74, 6) is -1.17. The van der Waals surface area contributed by atoms with E-state index in [9.17, 15) is 9.59 Å². The van der Waals surface area contributed by atoms with Crippen LogP contribution in [0.5, 0.6) is 0 Å². The predicted molar refractivity (Wildman–Crippen MR) is 107 cm³/mol. The van der Waals surface area contributed by atoms with E-state index in [2.05, 4.69) is 28.9 Å². The number of rotatable bonds is 7. The van der Waals surface area contributed by atoms with Gasteiger partial charge in [0.15, 0.2) is 5.65 Å². The minimum Gasteiger partial charge on any atom is -0.480 e.